The summed E-state index contributed by atoms with van der Waals surface area (Å²) in [6.45, 7) is 6.79. The fourth-order valence-corrected chi connectivity index (χ4v) is 3.22. The highest BCUT2D eigenvalue weighted by atomic mass is 16.2. The minimum Gasteiger partial charge on any atom is -0.326 e. The lowest BCUT2D eigenvalue weighted by Gasteiger charge is -2.36. The number of imide groups is 1. The van der Waals surface area contributed by atoms with Gasteiger partial charge in [-0.1, -0.05) is 50.3 Å². The third kappa shape index (κ3) is 4.82. The molecule has 3 rings (SSSR count). The van der Waals surface area contributed by atoms with Gasteiger partial charge < -0.3 is 9.80 Å². The van der Waals surface area contributed by atoms with Crippen LogP contribution >= 0.6 is 0 Å². The van der Waals surface area contributed by atoms with Crippen LogP contribution in [0.5, 0.6) is 0 Å². The van der Waals surface area contributed by atoms with Crippen molar-refractivity contribution in [3.05, 3.63) is 42.0 Å². The lowest BCUT2D eigenvalue weighted by molar-refractivity contribution is -0.127. The molecule has 0 saturated carbocycles. The molecule has 0 radical (unpaired) electrons. The van der Waals surface area contributed by atoms with Crippen molar-refractivity contribution in [1.29, 1.82) is 0 Å². The van der Waals surface area contributed by atoms with Gasteiger partial charge in [-0.25, -0.2) is 15.2 Å². The molecule has 0 aliphatic carbocycles. The summed E-state index contributed by atoms with van der Waals surface area (Å²) in [6, 6.07) is 8.99. The van der Waals surface area contributed by atoms with Gasteiger partial charge >= 0.3 is 6.03 Å². The quantitative estimate of drug-likeness (QED) is 0.570. The number of carbonyl (C=O) groups excluding carboxylic acids is 2. The Bertz CT molecular complexity index is 846. The van der Waals surface area contributed by atoms with E-state index in [2.05, 4.69) is 34.7 Å². The van der Waals surface area contributed by atoms with E-state index in [-0.39, 0.29) is 5.91 Å². The van der Waals surface area contributed by atoms with Gasteiger partial charge in [0.05, 0.1) is 5.71 Å². The van der Waals surface area contributed by atoms with E-state index in [9.17, 15) is 9.59 Å². The highest BCUT2D eigenvalue weighted by molar-refractivity contribution is 6.04. The maximum Gasteiger partial charge on any atom is 0.325 e. The molecule has 0 bridgehead atoms. The van der Waals surface area contributed by atoms with E-state index in [0.29, 0.717) is 18.4 Å². The van der Waals surface area contributed by atoms with Gasteiger partial charge in [0.2, 0.25) is 5.96 Å². The predicted molar refractivity (Wildman–Crippen MR) is 114 cm³/mol. The molecule has 0 aromatic heterocycles. The number of carbonyl (C=O) groups is 2. The van der Waals surface area contributed by atoms with E-state index in [4.69, 9.17) is 0 Å². The molecule has 29 heavy (non-hydrogen) atoms. The van der Waals surface area contributed by atoms with Crippen LogP contribution in [-0.4, -0.2) is 59.2 Å². The van der Waals surface area contributed by atoms with E-state index >= 15 is 0 Å². The van der Waals surface area contributed by atoms with Crippen LogP contribution in [-0.2, 0) is 4.79 Å². The van der Waals surface area contributed by atoms with Gasteiger partial charge in [0, 0.05) is 13.6 Å². The van der Waals surface area contributed by atoms with Crippen LogP contribution in [0.3, 0.4) is 0 Å². The third-order valence-corrected chi connectivity index (χ3v) is 4.96. The predicted octanol–water partition coefficient (Wildman–Crippen LogP) is 2.26. The minimum absolute atomic E-state index is 0.327. The zero-order valence-corrected chi connectivity index (χ0v) is 17.3. The molecule has 8 nitrogen and oxygen atoms in total. The molecular formula is C21H28N6O2. The Kier molecular flexibility index (Phi) is 6.31. The monoisotopic (exact) mass is 396 g/mol. The van der Waals surface area contributed by atoms with Gasteiger partial charge in [0.15, 0.2) is 12.2 Å². The first-order chi connectivity index (χ1) is 13.9. The van der Waals surface area contributed by atoms with Crippen LogP contribution in [0, 0.1) is 5.92 Å². The first-order valence-corrected chi connectivity index (χ1v) is 9.82. The number of rotatable bonds is 6. The van der Waals surface area contributed by atoms with Gasteiger partial charge in [-0.3, -0.25) is 10.1 Å². The van der Waals surface area contributed by atoms with E-state index in [1.807, 2.05) is 54.3 Å². The molecular weight excluding hydrogens is 368 g/mol. The number of fused-ring (bicyclic) bond motifs is 1. The molecule has 1 aromatic rings. The normalized spacial score (nSPS) is 22.2. The molecule has 154 valence electrons. The number of hydrazone groups is 1. The number of urea groups is 1. The average Bonchev–Trinajstić information content (AvgIpc) is 3.07. The molecule has 2 unspecified atom stereocenters. The van der Waals surface area contributed by atoms with Crippen molar-refractivity contribution in [2.45, 2.75) is 39.4 Å². The number of likely N-dealkylation sites (N-methyl/N-ethyl adjacent to an activating group) is 1. The highest BCUT2D eigenvalue weighted by Gasteiger charge is 2.48. The Morgan fingerprint density at radius 1 is 1.31 bits per heavy atom. The maximum absolute atomic E-state index is 12.5. The first-order valence-electron chi connectivity index (χ1n) is 9.82. The highest BCUT2D eigenvalue weighted by Crippen LogP contribution is 2.24. The SMILES string of the molecule is CC(/C=C/c1ccccc1)=N\NC1=NC2C(C(=O)NC(=O)N2C)N1CCC(C)C. The maximum atomic E-state index is 12.5. The summed E-state index contributed by atoms with van der Waals surface area (Å²) < 4.78 is 0. The molecule has 1 saturated heterocycles. The second-order valence-electron chi connectivity index (χ2n) is 7.70. The smallest absolute Gasteiger partial charge is 0.325 e. The van der Waals surface area contributed by atoms with Crippen molar-refractivity contribution in [2.75, 3.05) is 13.6 Å². The number of benzene rings is 1. The summed E-state index contributed by atoms with van der Waals surface area (Å²) >= 11 is 0. The minimum atomic E-state index is -0.554. The second-order valence-corrected chi connectivity index (χ2v) is 7.70. The van der Waals surface area contributed by atoms with E-state index in [0.717, 1.165) is 17.7 Å². The Balaban J connectivity index is 1.76. The van der Waals surface area contributed by atoms with Crippen LogP contribution in [0.2, 0.25) is 0 Å². The van der Waals surface area contributed by atoms with Crippen LogP contribution in [0.15, 0.2) is 46.5 Å². The Morgan fingerprint density at radius 2 is 2.03 bits per heavy atom. The molecule has 0 spiro atoms. The number of aliphatic imine (C=N–C) groups is 1. The molecule has 2 N–H and O–H groups in total. The fourth-order valence-electron chi connectivity index (χ4n) is 3.22. The van der Waals surface area contributed by atoms with Gasteiger partial charge in [-0.2, -0.15) is 5.10 Å². The van der Waals surface area contributed by atoms with Gasteiger partial charge in [0.25, 0.3) is 5.91 Å². The largest absolute Gasteiger partial charge is 0.326 e. The summed E-state index contributed by atoms with van der Waals surface area (Å²) in [5.41, 5.74) is 4.85. The fraction of sp³-hybridized carbons (Fsp3) is 0.429. The van der Waals surface area contributed by atoms with Crippen LogP contribution in [0.4, 0.5) is 4.79 Å². The number of hydrogen-bond acceptors (Lipinski definition) is 6. The van der Waals surface area contributed by atoms with Crippen molar-refractivity contribution >= 4 is 29.7 Å². The number of guanidine groups is 1. The molecule has 2 aliphatic rings. The molecule has 2 atom stereocenters. The van der Waals surface area contributed by atoms with E-state index in [1.54, 1.807) is 7.05 Å². The van der Waals surface area contributed by atoms with Crippen LogP contribution < -0.4 is 10.7 Å². The van der Waals surface area contributed by atoms with E-state index in [1.165, 1.54) is 4.90 Å². The number of amides is 3. The first kappa shape index (κ1) is 20.6. The number of nitrogens with one attached hydrogen (secondary N) is 2. The number of nitrogens with zero attached hydrogens (tertiary/aromatic N) is 4. The number of allylic oxidation sites excluding steroid dienone is 1. The summed E-state index contributed by atoms with van der Waals surface area (Å²) in [5.74, 6) is 0.650. The summed E-state index contributed by atoms with van der Waals surface area (Å²) in [7, 11) is 1.64. The molecule has 1 aromatic carbocycles. The average molecular weight is 396 g/mol. The van der Waals surface area contributed by atoms with Crippen molar-refractivity contribution in [1.82, 2.24) is 20.5 Å². The summed E-state index contributed by atoms with van der Waals surface area (Å²) in [4.78, 5) is 32.4. The van der Waals surface area contributed by atoms with E-state index < -0.39 is 18.2 Å². The van der Waals surface area contributed by atoms with Gasteiger partial charge in [-0.05, 0) is 30.9 Å². The van der Waals surface area contributed by atoms with Crippen LogP contribution in [0.1, 0.15) is 32.8 Å². The third-order valence-electron chi connectivity index (χ3n) is 4.96. The Morgan fingerprint density at radius 3 is 2.72 bits per heavy atom. The molecule has 2 heterocycles. The van der Waals surface area contributed by atoms with Crippen molar-refractivity contribution in [3.8, 4) is 0 Å². The standard InChI is InChI=1S/C21H28N6O2/c1-14(2)12-13-27-17-18(26(4)21(29)23-19(17)28)22-20(27)25-24-15(3)10-11-16-8-6-5-7-9-16/h5-11,14,17-18H,12-13H2,1-4H3,(H,22,25)(H,23,28,29)/b11-10+,24-15+. The molecule has 2 aliphatic heterocycles. The van der Waals surface area contributed by atoms with Gasteiger partial charge in [0.1, 0.15) is 0 Å². The van der Waals surface area contributed by atoms with Crippen molar-refractivity contribution in [3.63, 3.8) is 0 Å². The lowest BCUT2D eigenvalue weighted by Crippen LogP contribution is -2.64. The lowest BCUT2D eigenvalue weighted by atomic mass is 10.1. The summed E-state index contributed by atoms with van der Waals surface area (Å²) in [6.07, 6.45) is 4.23. The van der Waals surface area contributed by atoms with Crippen molar-refractivity contribution in [2.24, 2.45) is 16.0 Å². The van der Waals surface area contributed by atoms with Crippen LogP contribution in [0.25, 0.3) is 6.08 Å². The number of hydrogen-bond donors (Lipinski definition) is 2. The molecule has 3 amide bonds. The summed E-state index contributed by atoms with van der Waals surface area (Å²) in [5, 5.41) is 6.80. The molecule has 8 heteroatoms. The van der Waals surface area contributed by atoms with Gasteiger partial charge in [-0.15, -0.1) is 0 Å². The zero-order chi connectivity index (χ0) is 21.0. The topological polar surface area (TPSA) is 89.4 Å². The van der Waals surface area contributed by atoms with Crippen molar-refractivity contribution < 1.29 is 9.59 Å². The second kappa shape index (κ2) is 8.89. The Hall–Kier alpha value is -3.16. The molecule has 1 fully saturated rings. The Labute approximate surface area is 171 Å². The zero-order valence-electron chi connectivity index (χ0n) is 17.3.